The number of rotatable bonds is 7. The fraction of sp³-hybridized carbons (Fsp3) is 0.182. The predicted molar refractivity (Wildman–Crippen MR) is 121 cm³/mol. The van der Waals surface area contributed by atoms with Gasteiger partial charge in [0.15, 0.2) is 0 Å². The molecule has 1 heterocycles. The van der Waals surface area contributed by atoms with Gasteiger partial charge in [0.25, 0.3) is 10.0 Å². The van der Waals surface area contributed by atoms with Crippen LogP contribution in [0.3, 0.4) is 0 Å². The van der Waals surface area contributed by atoms with E-state index in [4.69, 9.17) is 0 Å². The Kier molecular flexibility index (Phi) is 8.12. The molecule has 31 heavy (non-hydrogen) atoms. The summed E-state index contributed by atoms with van der Waals surface area (Å²) in [6.45, 7) is 1.92. The zero-order chi connectivity index (χ0) is 21.6. The summed E-state index contributed by atoms with van der Waals surface area (Å²) in [4.78, 5) is 16.0. The van der Waals surface area contributed by atoms with Crippen LogP contribution in [0.1, 0.15) is 31.6 Å². The van der Waals surface area contributed by atoms with Crippen molar-refractivity contribution in [1.29, 1.82) is 0 Å². The number of pyridine rings is 1. The molecule has 8 nitrogen and oxygen atoms in total. The van der Waals surface area contributed by atoms with Gasteiger partial charge in [-0.05, 0) is 60.5 Å². The van der Waals surface area contributed by atoms with E-state index >= 15 is 0 Å². The maximum Gasteiger partial charge on any atom is 0.319 e. The summed E-state index contributed by atoms with van der Waals surface area (Å²) in [5, 5.41) is 15.0. The van der Waals surface area contributed by atoms with Gasteiger partial charge in [-0.3, -0.25) is 9.71 Å². The predicted octanol–water partition coefficient (Wildman–Crippen LogP) is 3.89. The van der Waals surface area contributed by atoms with Crippen LogP contribution in [0.5, 0.6) is 0 Å². The normalized spacial score (nSPS) is 11.7. The lowest BCUT2D eigenvalue weighted by Gasteiger charge is -2.12. The Bertz CT molecular complexity index is 1100. The minimum Gasteiger partial charge on any atom is -0.389 e. The molecule has 1 atom stereocenters. The highest BCUT2D eigenvalue weighted by Crippen LogP contribution is 2.21. The number of sulfonamides is 1. The molecule has 1 aromatic heterocycles. The largest absolute Gasteiger partial charge is 0.389 e. The standard InChI is InChI=1S/C21H22N4O4S.CH4/c1-15(26)17-5-2-6-19(12-17)25-30(28,29)20-9-7-18(8-10-20)24-21(27)23-14-16-4-3-11-22-13-16;/h2-13,15,25-26H,14H2,1H3,(H2,23,24,27);1H4/t15-;/m0./s1. The number of aliphatic hydroxyl groups is 1. The Labute approximate surface area is 182 Å². The third-order valence-electron chi connectivity index (χ3n) is 4.22. The molecule has 0 fully saturated rings. The Hall–Kier alpha value is -3.43. The lowest BCUT2D eigenvalue weighted by atomic mass is 10.1. The van der Waals surface area contributed by atoms with Crippen LogP contribution < -0.4 is 15.4 Å². The van der Waals surface area contributed by atoms with E-state index in [1.165, 1.54) is 24.3 Å². The molecule has 2 amide bonds. The van der Waals surface area contributed by atoms with E-state index in [-0.39, 0.29) is 12.3 Å². The lowest BCUT2D eigenvalue weighted by Crippen LogP contribution is -2.28. The van der Waals surface area contributed by atoms with Crippen LogP contribution in [0.25, 0.3) is 0 Å². The number of carbonyl (C=O) groups excluding carboxylic acids is 1. The third kappa shape index (κ3) is 6.80. The SMILES string of the molecule is C.C[C@H](O)c1cccc(NS(=O)(=O)c2ccc(NC(=O)NCc3cccnc3)cc2)c1. The van der Waals surface area contributed by atoms with Gasteiger partial charge in [-0.25, -0.2) is 13.2 Å². The molecule has 0 saturated carbocycles. The molecule has 3 rings (SSSR count). The number of nitrogens with zero attached hydrogens (tertiary/aromatic N) is 1. The van der Waals surface area contributed by atoms with E-state index in [0.717, 1.165) is 5.56 Å². The molecule has 164 valence electrons. The summed E-state index contributed by atoms with van der Waals surface area (Å²) in [5.41, 5.74) is 2.27. The second kappa shape index (κ2) is 10.6. The molecule has 0 aliphatic heterocycles. The highest BCUT2D eigenvalue weighted by Gasteiger charge is 2.15. The number of carbonyl (C=O) groups is 1. The van der Waals surface area contributed by atoms with Gasteiger partial charge >= 0.3 is 6.03 Å². The number of benzene rings is 2. The van der Waals surface area contributed by atoms with Crippen molar-refractivity contribution in [1.82, 2.24) is 10.3 Å². The molecule has 0 aliphatic rings. The van der Waals surface area contributed by atoms with E-state index < -0.39 is 22.2 Å². The van der Waals surface area contributed by atoms with Gasteiger partial charge in [-0.15, -0.1) is 0 Å². The lowest BCUT2D eigenvalue weighted by molar-refractivity contribution is 0.199. The van der Waals surface area contributed by atoms with E-state index in [2.05, 4.69) is 20.3 Å². The van der Waals surface area contributed by atoms with Gasteiger partial charge in [0.2, 0.25) is 0 Å². The molecule has 9 heteroatoms. The second-order valence-corrected chi connectivity index (χ2v) is 8.28. The van der Waals surface area contributed by atoms with Crippen molar-refractivity contribution in [2.45, 2.75) is 31.9 Å². The van der Waals surface area contributed by atoms with Gasteiger partial charge in [-0.1, -0.05) is 25.6 Å². The highest BCUT2D eigenvalue weighted by atomic mass is 32.2. The van der Waals surface area contributed by atoms with Crippen molar-refractivity contribution in [3.05, 3.63) is 84.2 Å². The summed E-state index contributed by atoms with van der Waals surface area (Å²) < 4.78 is 27.7. The molecule has 0 spiro atoms. The molecule has 3 aromatic rings. The fourth-order valence-corrected chi connectivity index (χ4v) is 3.70. The van der Waals surface area contributed by atoms with E-state index in [0.29, 0.717) is 23.5 Å². The first kappa shape index (κ1) is 23.8. The average molecular weight is 443 g/mol. The first-order chi connectivity index (χ1) is 14.3. The average Bonchev–Trinajstić information content (AvgIpc) is 2.73. The summed E-state index contributed by atoms with van der Waals surface area (Å²) in [5.74, 6) is 0. The molecule has 0 unspecified atom stereocenters. The summed E-state index contributed by atoms with van der Waals surface area (Å²) in [7, 11) is -3.81. The molecule has 0 saturated heterocycles. The fourth-order valence-electron chi connectivity index (χ4n) is 2.65. The second-order valence-electron chi connectivity index (χ2n) is 6.60. The van der Waals surface area contributed by atoms with Gasteiger partial charge < -0.3 is 15.7 Å². The zero-order valence-corrected chi connectivity index (χ0v) is 17.1. The molecule has 0 radical (unpaired) electrons. The van der Waals surface area contributed by atoms with Gasteiger partial charge in [0.1, 0.15) is 0 Å². The number of aliphatic hydroxyl groups excluding tert-OH is 1. The number of amides is 2. The smallest absolute Gasteiger partial charge is 0.319 e. The van der Waals surface area contributed by atoms with E-state index in [1.54, 1.807) is 49.6 Å². The topological polar surface area (TPSA) is 120 Å². The molecule has 0 aliphatic carbocycles. The maximum atomic E-state index is 12.6. The van der Waals surface area contributed by atoms with Crippen molar-refractivity contribution in [2.24, 2.45) is 0 Å². The maximum absolute atomic E-state index is 12.6. The Morgan fingerprint density at radius 2 is 1.81 bits per heavy atom. The van der Waals surface area contributed by atoms with Crippen LogP contribution in [-0.4, -0.2) is 24.5 Å². The minimum absolute atomic E-state index is 0. The number of urea groups is 1. The van der Waals surface area contributed by atoms with Gasteiger partial charge in [0, 0.05) is 30.3 Å². The van der Waals surface area contributed by atoms with Crippen LogP contribution in [0.2, 0.25) is 0 Å². The monoisotopic (exact) mass is 442 g/mol. The minimum atomic E-state index is -3.81. The highest BCUT2D eigenvalue weighted by molar-refractivity contribution is 7.92. The summed E-state index contributed by atoms with van der Waals surface area (Å²) >= 11 is 0. The van der Waals surface area contributed by atoms with E-state index in [1.807, 2.05) is 6.07 Å². The number of hydrogen-bond acceptors (Lipinski definition) is 5. The van der Waals surface area contributed by atoms with Gasteiger partial charge in [-0.2, -0.15) is 0 Å². The number of hydrogen-bond donors (Lipinski definition) is 4. The van der Waals surface area contributed by atoms with Crippen molar-refractivity contribution in [3.8, 4) is 0 Å². The zero-order valence-electron chi connectivity index (χ0n) is 16.2. The van der Waals surface area contributed by atoms with Crippen LogP contribution in [0, 0.1) is 0 Å². The molecular formula is C22H26N4O4S. The van der Waals surface area contributed by atoms with Crippen molar-refractivity contribution in [2.75, 3.05) is 10.0 Å². The number of anilines is 2. The Morgan fingerprint density at radius 1 is 1.06 bits per heavy atom. The van der Waals surface area contributed by atoms with Crippen molar-refractivity contribution >= 4 is 27.4 Å². The van der Waals surface area contributed by atoms with Crippen molar-refractivity contribution < 1.29 is 18.3 Å². The molecule has 4 N–H and O–H groups in total. The first-order valence-electron chi connectivity index (χ1n) is 9.18. The summed E-state index contributed by atoms with van der Waals surface area (Å²) in [6.07, 6.45) is 2.60. The summed E-state index contributed by atoms with van der Waals surface area (Å²) in [6, 6.07) is 15.6. The number of nitrogens with one attached hydrogen (secondary N) is 3. The van der Waals surface area contributed by atoms with E-state index in [9.17, 15) is 18.3 Å². The first-order valence-corrected chi connectivity index (χ1v) is 10.7. The molecular weight excluding hydrogens is 416 g/mol. The van der Waals surface area contributed by atoms with Crippen LogP contribution in [-0.2, 0) is 16.6 Å². The number of aromatic nitrogens is 1. The van der Waals surface area contributed by atoms with Gasteiger partial charge in [0.05, 0.1) is 11.0 Å². The third-order valence-corrected chi connectivity index (χ3v) is 5.62. The van der Waals surface area contributed by atoms with Crippen molar-refractivity contribution in [3.63, 3.8) is 0 Å². The Balaban J connectivity index is 0.00000341. The quantitative estimate of drug-likeness (QED) is 0.442. The van der Waals surface area contributed by atoms with Crippen LogP contribution in [0.4, 0.5) is 16.2 Å². The van der Waals surface area contributed by atoms with Crippen LogP contribution >= 0.6 is 0 Å². The van der Waals surface area contributed by atoms with Crippen LogP contribution in [0.15, 0.2) is 78.0 Å². The molecule has 2 aromatic carbocycles. The molecule has 0 bridgehead atoms. The Morgan fingerprint density at radius 3 is 2.45 bits per heavy atom.